The van der Waals surface area contributed by atoms with E-state index in [-0.39, 0.29) is 31.5 Å². The zero-order chi connectivity index (χ0) is 22.1. The lowest BCUT2D eigenvalue weighted by molar-refractivity contribution is -0.677. The zero-order valence-corrected chi connectivity index (χ0v) is 16.9. The lowest BCUT2D eigenvalue weighted by atomic mass is 10.1. The quantitative estimate of drug-likeness (QED) is 0.415. The predicted molar refractivity (Wildman–Crippen MR) is 109 cm³/mol. The van der Waals surface area contributed by atoms with E-state index in [1.54, 1.807) is 42.5 Å². The standard InChI is InChI=1S/C22H21N3O6/c1-2-23-17-8-7-14(31-13-20(27)28)11-18(17)24(9-10-26)19(23)12-25-21(29)15-5-3-4-6-16(15)22(25)30/h3-8,11,26H,2,9-10,12-13H2,1H3/p+1. The minimum atomic E-state index is -1.08. The fourth-order valence-corrected chi connectivity index (χ4v) is 4.00. The summed E-state index contributed by atoms with van der Waals surface area (Å²) >= 11 is 0. The molecule has 3 aromatic rings. The maximum Gasteiger partial charge on any atom is 0.341 e. The smallest absolute Gasteiger partial charge is 0.341 e. The summed E-state index contributed by atoms with van der Waals surface area (Å²) < 4.78 is 9.10. The van der Waals surface area contributed by atoms with E-state index in [1.165, 1.54) is 4.90 Å². The van der Waals surface area contributed by atoms with Gasteiger partial charge >= 0.3 is 5.97 Å². The van der Waals surface area contributed by atoms with Gasteiger partial charge in [-0.1, -0.05) is 12.1 Å². The Morgan fingerprint density at radius 2 is 1.77 bits per heavy atom. The number of carboxylic acid groups (broad SMARTS) is 1. The molecule has 9 nitrogen and oxygen atoms in total. The second-order valence-corrected chi connectivity index (χ2v) is 7.11. The number of hydrogen-bond donors (Lipinski definition) is 2. The third-order valence-electron chi connectivity index (χ3n) is 5.33. The van der Waals surface area contributed by atoms with Crippen molar-refractivity contribution in [3.8, 4) is 5.75 Å². The number of aryl methyl sites for hydroxylation is 1. The van der Waals surface area contributed by atoms with Crippen molar-refractivity contribution in [2.75, 3.05) is 13.2 Å². The molecule has 2 heterocycles. The number of carboxylic acids is 1. The van der Waals surface area contributed by atoms with Crippen LogP contribution in [0.2, 0.25) is 0 Å². The van der Waals surface area contributed by atoms with E-state index in [2.05, 4.69) is 0 Å². The molecule has 4 rings (SSSR count). The number of aliphatic carboxylic acids is 1. The number of carbonyl (C=O) groups excluding carboxylic acids is 2. The average molecular weight is 424 g/mol. The van der Waals surface area contributed by atoms with Gasteiger partial charge in [-0.15, -0.1) is 0 Å². The fraction of sp³-hybridized carbons (Fsp3) is 0.273. The largest absolute Gasteiger partial charge is 0.482 e. The van der Waals surface area contributed by atoms with Crippen molar-refractivity contribution in [2.24, 2.45) is 0 Å². The number of amides is 2. The topological polar surface area (TPSA) is 113 Å². The second-order valence-electron chi connectivity index (χ2n) is 7.11. The first-order valence-corrected chi connectivity index (χ1v) is 9.91. The molecule has 0 spiro atoms. The Morgan fingerprint density at radius 3 is 2.35 bits per heavy atom. The monoisotopic (exact) mass is 424 g/mol. The van der Waals surface area contributed by atoms with Crippen LogP contribution in [-0.4, -0.2) is 50.7 Å². The van der Waals surface area contributed by atoms with Crippen LogP contribution in [0.15, 0.2) is 42.5 Å². The van der Waals surface area contributed by atoms with Gasteiger partial charge in [0.25, 0.3) is 17.6 Å². The minimum Gasteiger partial charge on any atom is -0.482 e. The summed E-state index contributed by atoms with van der Waals surface area (Å²) in [5.74, 6) is -0.733. The van der Waals surface area contributed by atoms with Gasteiger partial charge in [0.1, 0.15) is 18.8 Å². The number of carbonyl (C=O) groups is 3. The highest BCUT2D eigenvalue weighted by Gasteiger charge is 2.38. The Kier molecular flexibility index (Phi) is 5.43. The first-order chi connectivity index (χ1) is 15.0. The van der Waals surface area contributed by atoms with Crippen LogP contribution in [-0.2, 0) is 24.4 Å². The van der Waals surface area contributed by atoms with Crippen LogP contribution >= 0.6 is 0 Å². The van der Waals surface area contributed by atoms with Crippen LogP contribution in [0.25, 0.3) is 11.0 Å². The van der Waals surface area contributed by atoms with Crippen molar-refractivity contribution in [2.45, 2.75) is 26.6 Å². The molecule has 1 aliphatic rings. The molecule has 160 valence electrons. The van der Waals surface area contributed by atoms with Crippen LogP contribution in [0, 0.1) is 0 Å². The summed E-state index contributed by atoms with van der Waals surface area (Å²) in [6.07, 6.45) is 0. The van der Waals surface area contributed by atoms with Gasteiger partial charge in [-0.3, -0.25) is 14.5 Å². The van der Waals surface area contributed by atoms with E-state index in [1.807, 2.05) is 16.1 Å². The van der Waals surface area contributed by atoms with Crippen LogP contribution < -0.4 is 9.30 Å². The molecule has 0 unspecified atom stereocenters. The Bertz CT molecular complexity index is 1160. The lowest BCUT2D eigenvalue weighted by Gasteiger charge is -2.13. The average Bonchev–Trinajstić information content (AvgIpc) is 3.19. The summed E-state index contributed by atoms with van der Waals surface area (Å²) in [6.45, 7) is 2.18. The van der Waals surface area contributed by atoms with Gasteiger partial charge in [-0.05, 0) is 31.2 Å². The molecule has 2 N–H and O–H groups in total. The van der Waals surface area contributed by atoms with E-state index >= 15 is 0 Å². The summed E-state index contributed by atoms with van der Waals surface area (Å²) in [7, 11) is 0. The molecule has 31 heavy (non-hydrogen) atoms. The lowest BCUT2D eigenvalue weighted by Crippen LogP contribution is -2.42. The molecule has 9 heteroatoms. The van der Waals surface area contributed by atoms with Gasteiger partial charge < -0.3 is 14.9 Å². The minimum absolute atomic E-state index is 0.0418. The molecule has 0 aliphatic carbocycles. The fourth-order valence-electron chi connectivity index (χ4n) is 4.00. The number of benzene rings is 2. The van der Waals surface area contributed by atoms with Crippen LogP contribution in [0.3, 0.4) is 0 Å². The summed E-state index contributed by atoms with van der Waals surface area (Å²) in [5.41, 5.74) is 2.30. The number of ether oxygens (including phenoxy) is 1. The number of fused-ring (bicyclic) bond motifs is 2. The number of rotatable bonds is 8. The van der Waals surface area contributed by atoms with Crippen LogP contribution in [0.5, 0.6) is 5.75 Å². The van der Waals surface area contributed by atoms with Crippen molar-refractivity contribution >= 4 is 28.8 Å². The molecule has 0 saturated carbocycles. The van der Waals surface area contributed by atoms with Gasteiger partial charge in [-0.25, -0.2) is 13.9 Å². The Balaban J connectivity index is 1.78. The third kappa shape index (κ3) is 3.53. The molecule has 1 aliphatic heterocycles. The summed E-state index contributed by atoms with van der Waals surface area (Å²) in [5, 5.41) is 18.5. The SMILES string of the molecule is CC[n+]1c(CN2C(=O)c3ccccc3C2=O)n(CCO)c2cc(OCC(=O)O)ccc21. The number of nitrogens with zero attached hydrogens (tertiary/aromatic N) is 3. The molecule has 0 radical (unpaired) electrons. The van der Waals surface area contributed by atoms with Crippen molar-refractivity contribution in [3.63, 3.8) is 0 Å². The number of hydrogen-bond acceptors (Lipinski definition) is 5. The number of aliphatic hydroxyl groups excluding tert-OH is 1. The van der Waals surface area contributed by atoms with Crippen LogP contribution in [0.4, 0.5) is 0 Å². The van der Waals surface area contributed by atoms with Crippen LogP contribution in [0.1, 0.15) is 33.5 Å². The first-order valence-electron chi connectivity index (χ1n) is 9.91. The highest BCUT2D eigenvalue weighted by atomic mass is 16.5. The molecule has 2 amide bonds. The normalized spacial score (nSPS) is 13.2. The maximum atomic E-state index is 12.9. The van der Waals surface area contributed by atoms with Crippen molar-refractivity contribution < 1.29 is 33.9 Å². The Morgan fingerprint density at radius 1 is 1.10 bits per heavy atom. The number of aliphatic hydroxyl groups is 1. The van der Waals surface area contributed by atoms with Crippen molar-refractivity contribution in [3.05, 3.63) is 59.4 Å². The molecule has 0 bridgehead atoms. The number of imide groups is 1. The van der Waals surface area contributed by atoms with Gasteiger partial charge in [0.15, 0.2) is 17.6 Å². The third-order valence-corrected chi connectivity index (χ3v) is 5.33. The predicted octanol–water partition coefficient (Wildman–Crippen LogP) is 1.20. The Hall–Kier alpha value is -3.72. The Labute approximate surface area is 177 Å². The van der Waals surface area contributed by atoms with Crippen molar-refractivity contribution in [1.29, 1.82) is 0 Å². The van der Waals surface area contributed by atoms with E-state index in [9.17, 15) is 19.5 Å². The van der Waals surface area contributed by atoms with E-state index < -0.39 is 12.6 Å². The van der Waals surface area contributed by atoms with Gasteiger partial charge in [0.2, 0.25) is 0 Å². The van der Waals surface area contributed by atoms with E-state index in [0.717, 1.165) is 5.52 Å². The van der Waals surface area contributed by atoms with Gasteiger partial charge in [0.05, 0.1) is 24.3 Å². The zero-order valence-electron chi connectivity index (χ0n) is 16.9. The second kappa shape index (κ2) is 8.19. The summed E-state index contributed by atoms with van der Waals surface area (Å²) in [6, 6.07) is 11.9. The molecular formula is C22H22N3O6+. The molecular weight excluding hydrogens is 402 g/mol. The van der Waals surface area contributed by atoms with Gasteiger partial charge in [0, 0.05) is 6.07 Å². The molecule has 0 atom stereocenters. The number of imidazole rings is 1. The highest BCUT2D eigenvalue weighted by molar-refractivity contribution is 6.21. The maximum absolute atomic E-state index is 12.9. The molecule has 0 fully saturated rings. The molecule has 2 aromatic carbocycles. The van der Waals surface area contributed by atoms with E-state index in [0.29, 0.717) is 34.8 Å². The molecule has 0 saturated heterocycles. The first kappa shape index (κ1) is 20.5. The van der Waals surface area contributed by atoms with Gasteiger partial charge in [-0.2, -0.15) is 0 Å². The summed E-state index contributed by atoms with van der Waals surface area (Å²) in [4.78, 5) is 37.8. The molecule has 1 aromatic heterocycles. The van der Waals surface area contributed by atoms with E-state index in [4.69, 9.17) is 9.84 Å². The number of aromatic nitrogens is 2. The van der Waals surface area contributed by atoms with Crippen molar-refractivity contribution in [1.82, 2.24) is 9.47 Å². The highest BCUT2D eigenvalue weighted by Crippen LogP contribution is 2.26.